The molecule has 0 aliphatic carbocycles. The van der Waals surface area contributed by atoms with E-state index in [-0.39, 0.29) is 35.7 Å². The van der Waals surface area contributed by atoms with Crippen LogP contribution in [0.2, 0.25) is 0 Å². The zero-order valence-electron chi connectivity index (χ0n) is 17.5. The molecule has 0 aliphatic rings. The minimum absolute atomic E-state index is 0.243. The molecule has 0 saturated carbocycles. The topological polar surface area (TPSA) is 97.4 Å². The van der Waals surface area contributed by atoms with Gasteiger partial charge in [0.15, 0.2) is 5.82 Å². The maximum Gasteiger partial charge on any atom is 0.255 e. The number of aromatic nitrogens is 2. The molecule has 9 heteroatoms. The Morgan fingerprint density at radius 3 is 2.55 bits per heavy atom. The average molecular weight is 426 g/mol. The number of aryl methyl sites for hydroxylation is 1. The van der Waals surface area contributed by atoms with E-state index in [1.165, 1.54) is 35.4 Å². The Balaban J connectivity index is 1.77. The van der Waals surface area contributed by atoms with Gasteiger partial charge in [0.2, 0.25) is 5.91 Å². The van der Waals surface area contributed by atoms with Crippen molar-refractivity contribution in [3.8, 4) is 0 Å². The largest absolute Gasteiger partial charge is 0.360 e. The summed E-state index contributed by atoms with van der Waals surface area (Å²) in [5.41, 5.74) is 0.638. The fourth-order valence-corrected chi connectivity index (χ4v) is 3.31. The molecule has 2 aromatic heterocycles. The van der Waals surface area contributed by atoms with E-state index < -0.39 is 11.5 Å². The lowest BCUT2D eigenvalue weighted by molar-refractivity contribution is -0.116. The number of rotatable bonds is 7. The third-order valence-electron chi connectivity index (χ3n) is 4.87. The van der Waals surface area contributed by atoms with Crippen molar-refractivity contribution in [3.63, 3.8) is 0 Å². The van der Waals surface area contributed by atoms with Crippen molar-refractivity contribution in [1.29, 1.82) is 0 Å². The summed E-state index contributed by atoms with van der Waals surface area (Å²) in [6.07, 6.45) is 1.97. The number of carbonyl (C=O) groups is 2. The van der Waals surface area contributed by atoms with E-state index in [1.807, 2.05) is 6.92 Å². The number of pyridine rings is 1. The van der Waals surface area contributed by atoms with Crippen LogP contribution in [0.25, 0.3) is 0 Å². The van der Waals surface area contributed by atoms with Gasteiger partial charge in [-0.2, -0.15) is 0 Å². The Bertz CT molecular complexity index is 1140. The van der Waals surface area contributed by atoms with Gasteiger partial charge in [-0.1, -0.05) is 24.2 Å². The molecule has 0 aliphatic heterocycles. The van der Waals surface area contributed by atoms with Gasteiger partial charge in [0.1, 0.15) is 18.1 Å². The number of nitrogens with one attached hydrogen (secondary N) is 1. The number of nitrogens with zero attached hydrogens (tertiary/aromatic N) is 3. The van der Waals surface area contributed by atoms with Crippen LogP contribution in [0.15, 0.2) is 58.0 Å². The molecule has 0 spiro atoms. The normalized spacial score (nSPS) is 11.7. The van der Waals surface area contributed by atoms with Gasteiger partial charge in [0.25, 0.3) is 11.5 Å². The number of amides is 2. The van der Waals surface area contributed by atoms with Gasteiger partial charge in [-0.25, -0.2) is 4.39 Å². The third-order valence-corrected chi connectivity index (χ3v) is 4.87. The Hall–Kier alpha value is -3.75. The van der Waals surface area contributed by atoms with E-state index in [2.05, 4.69) is 10.5 Å². The van der Waals surface area contributed by atoms with Crippen molar-refractivity contribution >= 4 is 17.6 Å². The molecular weight excluding hydrogens is 403 g/mol. The molecule has 0 saturated heterocycles. The smallest absolute Gasteiger partial charge is 0.255 e. The molecule has 31 heavy (non-hydrogen) atoms. The van der Waals surface area contributed by atoms with Gasteiger partial charge in [0, 0.05) is 25.4 Å². The van der Waals surface area contributed by atoms with Crippen molar-refractivity contribution in [3.05, 3.63) is 81.7 Å². The Morgan fingerprint density at radius 1 is 1.23 bits per heavy atom. The average Bonchev–Trinajstić information content (AvgIpc) is 3.15. The first-order valence-electron chi connectivity index (χ1n) is 9.74. The Labute approximate surface area is 178 Å². The molecule has 1 N–H and O–H groups in total. The predicted molar refractivity (Wildman–Crippen MR) is 112 cm³/mol. The van der Waals surface area contributed by atoms with Crippen molar-refractivity contribution in [2.75, 3.05) is 12.4 Å². The standard InChI is InChI=1S/C22H23FN4O4/c1-4-18(15-5-8-17(23)9-6-15)26(3)22(30)16-7-10-21(29)27(12-16)13-20(28)24-19-11-14(2)31-25-19/h5-12,18H,4,13H2,1-3H3,(H,24,25,28). The van der Waals surface area contributed by atoms with Crippen LogP contribution in [0.5, 0.6) is 0 Å². The molecule has 1 aromatic carbocycles. The second-order valence-electron chi connectivity index (χ2n) is 7.15. The summed E-state index contributed by atoms with van der Waals surface area (Å²) in [6, 6.07) is 9.94. The second-order valence-corrected chi connectivity index (χ2v) is 7.15. The molecule has 0 fully saturated rings. The van der Waals surface area contributed by atoms with Gasteiger partial charge in [-0.3, -0.25) is 14.4 Å². The summed E-state index contributed by atoms with van der Waals surface area (Å²) in [7, 11) is 1.65. The van der Waals surface area contributed by atoms with Gasteiger partial charge < -0.3 is 19.3 Å². The van der Waals surface area contributed by atoms with Gasteiger partial charge >= 0.3 is 0 Å². The first-order valence-corrected chi connectivity index (χ1v) is 9.74. The molecule has 2 heterocycles. The van der Waals surface area contributed by atoms with Gasteiger partial charge in [-0.15, -0.1) is 0 Å². The predicted octanol–water partition coefficient (Wildman–Crippen LogP) is 3.15. The van der Waals surface area contributed by atoms with Crippen LogP contribution in [0.4, 0.5) is 10.2 Å². The van der Waals surface area contributed by atoms with E-state index in [9.17, 15) is 18.8 Å². The molecule has 3 rings (SSSR count). The quantitative estimate of drug-likeness (QED) is 0.626. The third kappa shape index (κ3) is 5.25. The summed E-state index contributed by atoms with van der Waals surface area (Å²) in [5.74, 6) is -0.371. The zero-order valence-corrected chi connectivity index (χ0v) is 17.5. The highest BCUT2D eigenvalue weighted by atomic mass is 19.1. The number of anilines is 1. The molecule has 1 unspecified atom stereocenters. The molecule has 2 amide bonds. The van der Waals surface area contributed by atoms with Crippen LogP contribution in [-0.2, 0) is 11.3 Å². The second kappa shape index (κ2) is 9.38. The Kier molecular flexibility index (Phi) is 6.64. The van der Waals surface area contributed by atoms with Crippen LogP contribution >= 0.6 is 0 Å². The number of hydrogen-bond acceptors (Lipinski definition) is 5. The minimum Gasteiger partial charge on any atom is -0.360 e. The lowest BCUT2D eigenvalue weighted by Crippen LogP contribution is -2.33. The van der Waals surface area contributed by atoms with E-state index in [1.54, 1.807) is 32.2 Å². The first kappa shape index (κ1) is 21.9. The van der Waals surface area contributed by atoms with Gasteiger partial charge in [-0.05, 0) is 37.1 Å². The molecule has 3 aromatic rings. The maximum atomic E-state index is 13.2. The summed E-state index contributed by atoms with van der Waals surface area (Å²) in [6.45, 7) is 3.33. The fourth-order valence-electron chi connectivity index (χ4n) is 3.31. The summed E-state index contributed by atoms with van der Waals surface area (Å²) >= 11 is 0. The van der Waals surface area contributed by atoms with E-state index in [0.717, 1.165) is 10.1 Å². The number of carbonyl (C=O) groups excluding carboxylic acids is 2. The summed E-state index contributed by atoms with van der Waals surface area (Å²) in [4.78, 5) is 39.0. The molecule has 1 atom stereocenters. The monoisotopic (exact) mass is 426 g/mol. The minimum atomic E-state index is -0.480. The van der Waals surface area contributed by atoms with Crippen LogP contribution in [-0.4, -0.2) is 33.5 Å². The lowest BCUT2D eigenvalue weighted by Gasteiger charge is -2.28. The van der Waals surface area contributed by atoms with Crippen LogP contribution < -0.4 is 10.9 Å². The SMILES string of the molecule is CCC(c1ccc(F)cc1)N(C)C(=O)c1ccc(=O)n(CC(=O)Nc2cc(C)on2)c1. The number of hydrogen-bond donors (Lipinski definition) is 1. The highest BCUT2D eigenvalue weighted by Crippen LogP contribution is 2.24. The zero-order chi connectivity index (χ0) is 22.5. The van der Waals surface area contributed by atoms with Crippen LogP contribution in [0.1, 0.15) is 41.1 Å². The summed E-state index contributed by atoms with van der Waals surface area (Å²) in [5, 5.41) is 6.21. The Morgan fingerprint density at radius 2 is 1.94 bits per heavy atom. The van der Waals surface area contributed by atoms with Crippen molar-refractivity contribution in [2.45, 2.75) is 32.9 Å². The first-order chi connectivity index (χ1) is 14.8. The molecule has 162 valence electrons. The molecule has 8 nitrogen and oxygen atoms in total. The van der Waals surface area contributed by atoms with E-state index in [4.69, 9.17) is 4.52 Å². The van der Waals surface area contributed by atoms with E-state index >= 15 is 0 Å². The lowest BCUT2D eigenvalue weighted by atomic mass is 10.0. The molecule has 0 bridgehead atoms. The van der Waals surface area contributed by atoms with Crippen molar-refractivity contribution in [1.82, 2.24) is 14.6 Å². The van der Waals surface area contributed by atoms with Crippen molar-refractivity contribution in [2.24, 2.45) is 0 Å². The van der Waals surface area contributed by atoms with Crippen LogP contribution in [0, 0.1) is 12.7 Å². The van der Waals surface area contributed by atoms with Crippen molar-refractivity contribution < 1.29 is 18.5 Å². The summed E-state index contributed by atoms with van der Waals surface area (Å²) < 4.78 is 19.3. The van der Waals surface area contributed by atoms with Gasteiger partial charge in [0.05, 0.1) is 11.6 Å². The molecular formula is C22H23FN4O4. The fraction of sp³-hybridized carbons (Fsp3) is 0.273. The highest BCUT2D eigenvalue weighted by Gasteiger charge is 2.22. The van der Waals surface area contributed by atoms with Crippen LogP contribution in [0.3, 0.4) is 0 Å². The number of halogens is 1. The number of benzene rings is 1. The van der Waals surface area contributed by atoms with E-state index in [0.29, 0.717) is 12.2 Å². The maximum absolute atomic E-state index is 13.2. The molecule has 0 radical (unpaired) electrons. The highest BCUT2D eigenvalue weighted by molar-refractivity contribution is 5.94.